The highest BCUT2D eigenvalue weighted by Gasteiger charge is 2.21. The first-order valence-corrected chi connectivity index (χ1v) is 9.91. The first-order chi connectivity index (χ1) is 13.7. The Kier molecular flexibility index (Phi) is 7.65. The Labute approximate surface area is 167 Å². The summed E-state index contributed by atoms with van der Waals surface area (Å²) in [5.74, 6) is 1.49. The van der Waals surface area contributed by atoms with Crippen LogP contribution < -0.4 is 14.8 Å². The molecule has 2 unspecified atom stereocenters. The van der Waals surface area contributed by atoms with Gasteiger partial charge in [0.05, 0.1) is 20.3 Å². The Balaban J connectivity index is 1.57. The fraction of sp³-hybridized carbons (Fsp3) is 0.500. The quantitative estimate of drug-likeness (QED) is 0.716. The molecule has 3 rings (SSSR count). The van der Waals surface area contributed by atoms with Gasteiger partial charge in [0.25, 0.3) is 0 Å². The molecule has 1 fully saturated rings. The molecular weight excluding hydrogens is 354 g/mol. The molecule has 28 heavy (non-hydrogen) atoms. The molecule has 0 aliphatic carbocycles. The molecule has 0 saturated carbocycles. The molecule has 1 saturated heterocycles. The summed E-state index contributed by atoms with van der Waals surface area (Å²) in [5.41, 5.74) is 2.20. The SMILES string of the molecule is COc1ccc(CNC(C)C(C)N2CCOCC2)cc1OCc1cccnc1. The third kappa shape index (κ3) is 5.67. The molecule has 0 radical (unpaired) electrons. The number of ether oxygens (including phenoxy) is 3. The number of rotatable bonds is 9. The molecular formula is C22H31N3O3. The summed E-state index contributed by atoms with van der Waals surface area (Å²) in [4.78, 5) is 6.61. The second-order valence-corrected chi connectivity index (χ2v) is 7.19. The van der Waals surface area contributed by atoms with Crippen LogP contribution in [0.3, 0.4) is 0 Å². The minimum atomic E-state index is 0.375. The highest BCUT2D eigenvalue weighted by molar-refractivity contribution is 5.43. The van der Waals surface area contributed by atoms with E-state index in [4.69, 9.17) is 14.2 Å². The van der Waals surface area contributed by atoms with Crippen LogP contribution in [0.4, 0.5) is 0 Å². The normalized spacial score (nSPS) is 17.1. The van der Waals surface area contributed by atoms with Gasteiger partial charge in [-0.3, -0.25) is 9.88 Å². The van der Waals surface area contributed by atoms with Crippen LogP contribution in [-0.4, -0.2) is 55.4 Å². The Bertz CT molecular complexity index is 720. The zero-order chi connectivity index (χ0) is 19.8. The summed E-state index contributed by atoms with van der Waals surface area (Å²) < 4.78 is 16.9. The van der Waals surface area contributed by atoms with E-state index in [-0.39, 0.29) is 0 Å². The van der Waals surface area contributed by atoms with Gasteiger partial charge in [-0.15, -0.1) is 0 Å². The van der Waals surface area contributed by atoms with Crippen LogP contribution in [0.25, 0.3) is 0 Å². The molecule has 1 aliphatic rings. The van der Waals surface area contributed by atoms with E-state index in [2.05, 4.69) is 35.1 Å². The average molecular weight is 386 g/mol. The van der Waals surface area contributed by atoms with E-state index in [9.17, 15) is 0 Å². The largest absolute Gasteiger partial charge is 0.493 e. The maximum Gasteiger partial charge on any atom is 0.161 e. The van der Waals surface area contributed by atoms with E-state index in [1.165, 1.54) is 5.56 Å². The van der Waals surface area contributed by atoms with Gasteiger partial charge in [0.2, 0.25) is 0 Å². The lowest BCUT2D eigenvalue weighted by Gasteiger charge is -2.36. The van der Waals surface area contributed by atoms with E-state index < -0.39 is 0 Å². The van der Waals surface area contributed by atoms with Crippen molar-refractivity contribution in [2.45, 2.75) is 39.1 Å². The second-order valence-electron chi connectivity index (χ2n) is 7.19. The third-order valence-corrected chi connectivity index (χ3v) is 5.32. The van der Waals surface area contributed by atoms with E-state index in [0.29, 0.717) is 18.7 Å². The predicted molar refractivity (Wildman–Crippen MR) is 110 cm³/mol. The number of hydrogen-bond acceptors (Lipinski definition) is 6. The Morgan fingerprint density at radius 3 is 2.68 bits per heavy atom. The first-order valence-electron chi connectivity index (χ1n) is 9.91. The van der Waals surface area contributed by atoms with Crippen LogP contribution in [0.2, 0.25) is 0 Å². The molecule has 1 aromatic carbocycles. The van der Waals surface area contributed by atoms with Crippen LogP contribution in [0, 0.1) is 0 Å². The van der Waals surface area contributed by atoms with Crippen molar-refractivity contribution < 1.29 is 14.2 Å². The summed E-state index contributed by atoms with van der Waals surface area (Å²) >= 11 is 0. The molecule has 2 heterocycles. The molecule has 6 nitrogen and oxygen atoms in total. The Hall–Kier alpha value is -2.15. The van der Waals surface area contributed by atoms with Crippen LogP contribution in [0.15, 0.2) is 42.7 Å². The zero-order valence-corrected chi connectivity index (χ0v) is 17.1. The number of nitrogens with one attached hydrogen (secondary N) is 1. The second kappa shape index (κ2) is 10.4. The van der Waals surface area contributed by atoms with Crippen LogP contribution in [0.1, 0.15) is 25.0 Å². The molecule has 152 valence electrons. The summed E-state index contributed by atoms with van der Waals surface area (Å²) in [7, 11) is 1.66. The van der Waals surface area contributed by atoms with Gasteiger partial charge in [-0.2, -0.15) is 0 Å². The van der Waals surface area contributed by atoms with E-state index in [1.807, 2.05) is 30.5 Å². The molecule has 1 aromatic heterocycles. The van der Waals surface area contributed by atoms with Crippen LogP contribution in [-0.2, 0) is 17.9 Å². The van der Waals surface area contributed by atoms with Gasteiger partial charge in [-0.25, -0.2) is 0 Å². The highest BCUT2D eigenvalue weighted by atomic mass is 16.5. The van der Waals surface area contributed by atoms with Crippen molar-refractivity contribution in [3.63, 3.8) is 0 Å². The average Bonchev–Trinajstić information content (AvgIpc) is 2.76. The van der Waals surface area contributed by atoms with Gasteiger partial charge < -0.3 is 19.5 Å². The number of morpholine rings is 1. The lowest BCUT2D eigenvalue weighted by atomic mass is 10.1. The highest BCUT2D eigenvalue weighted by Crippen LogP contribution is 2.29. The Morgan fingerprint density at radius 2 is 1.96 bits per heavy atom. The number of hydrogen-bond donors (Lipinski definition) is 1. The molecule has 0 amide bonds. The Morgan fingerprint density at radius 1 is 1.14 bits per heavy atom. The van der Waals surface area contributed by atoms with Gasteiger partial charge in [0, 0.05) is 49.7 Å². The van der Waals surface area contributed by atoms with E-state index in [1.54, 1.807) is 13.3 Å². The number of nitrogens with zero attached hydrogens (tertiary/aromatic N) is 2. The summed E-state index contributed by atoms with van der Waals surface area (Å²) in [6, 6.07) is 10.8. The van der Waals surface area contributed by atoms with Crippen molar-refractivity contribution in [2.24, 2.45) is 0 Å². The molecule has 2 atom stereocenters. The number of aromatic nitrogens is 1. The van der Waals surface area contributed by atoms with Gasteiger partial charge in [-0.1, -0.05) is 12.1 Å². The van der Waals surface area contributed by atoms with Gasteiger partial charge >= 0.3 is 0 Å². The fourth-order valence-corrected chi connectivity index (χ4v) is 3.34. The molecule has 2 aromatic rings. The zero-order valence-electron chi connectivity index (χ0n) is 17.1. The van der Waals surface area contributed by atoms with E-state index in [0.717, 1.165) is 49.9 Å². The van der Waals surface area contributed by atoms with Gasteiger partial charge in [0.1, 0.15) is 6.61 Å². The topological polar surface area (TPSA) is 55.9 Å². The first kappa shape index (κ1) is 20.6. The minimum absolute atomic E-state index is 0.375. The van der Waals surface area contributed by atoms with Crippen LogP contribution in [0.5, 0.6) is 11.5 Å². The molecule has 0 spiro atoms. The van der Waals surface area contributed by atoms with Crippen molar-refractivity contribution in [1.82, 2.24) is 15.2 Å². The monoisotopic (exact) mass is 385 g/mol. The number of methoxy groups -OCH3 is 1. The fourth-order valence-electron chi connectivity index (χ4n) is 3.34. The third-order valence-electron chi connectivity index (χ3n) is 5.32. The summed E-state index contributed by atoms with van der Waals surface area (Å²) in [6.45, 7) is 9.42. The van der Waals surface area contributed by atoms with Gasteiger partial charge in [-0.05, 0) is 37.6 Å². The van der Waals surface area contributed by atoms with E-state index >= 15 is 0 Å². The smallest absolute Gasteiger partial charge is 0.161 e. The maximum atomic E-state index is 5.99. The number of pyridine rings is 1. The van der Waals surface area contributed by atoms with Crippen LogP contribution >= 0.6 is 0 Å². The van der Waals surface area contributed by atoms with Gasteiger partial charge in [0.15, 0.2) is 11.5 Å². The predicted octanol–water partition coefficient (Wildman–Crippen LogP) is 2.87. The molecule has 1 N–H and O–H groups in total. The summed E-state index contributed by atoms with van der Waals surface area (Å²) in [5, 5.41) is 3.65. The van der Waals surface area contributed by atoms with Crippen molar-refractivity contribution in [2.75, 3.05) is 33.4 Å². The minimum Gasteiger partial charge on any atom is -0.493 e. The van der Waals surface area contributed by atoms with Crippen molar-refractivity contribution in [3.8, 4) is 11.5 Å². The van der Waals surface area contributed by atoms with Crippen molar-refractivity contribution >= 4 is 0 Å². The number of benzene rings is 1. The summed E-state index contributed by atoms with van der Waals surface area (Å²) in [6.07, 6.45) is 3.57. The van der Waals surface area contributed by atoms with Crippen molar-refractivity contribution in [1.29, 1.82) is 0 Å². The molecule has 0 bridgehead atoms. The maximum absolute atomic E-state index is 5.99. The molecule has 1 aliphatic heterocycles. The standard InChI is InChI=1S/C22H31N3O3/c1-17(18(2)25-9-11-27-12-10-25)24-15-19-6-7-21(26-3)22(13-19)28-16-20-5-4-8-23-14-20/h4-8,13-14,17-18,24H,9-12,15-16H2,1-3H3. The lowest BCUT2D eigenvalue weighted by molar-refractivity contribution is 0.0135. The molecule has 6 heteroatoms. The van der Waals surface area contributed by atoms with Crippen molar-refractivity contribution in [3.05, 3.63) is 53.9 Å². The lowest BCUT2D eigenvalue weighted by Crippen LogP contribution is -2.50.